The van der Waals surface area contributed by atoms with Crippen molar-refractivity contribution in [3.05, 3.63) is 0 Å². The molecule has 4 nitrogen and oxygen atoms in total. The molecule has 0 aromatic rings. The number of aliphatic hydroxyl groups is 1. The summed E-state index contributed by atoms with van der Waals surface area (Å²) in [6, 6.07) is 0. The van der Waals surface area contributed by atoms with Gasteiger partial charge in [0, 0.05) is 5.25 Å². The molecular weight excluding hydrogens is 351 g/mol. The third-order valence-electron chi connectivity index (χ3n) is 4.47. The zero-order valence-corrected chi connectivity index (χ0v) is 20.1. The molecule has 0 fully saturated rings. The van der Waals surface area contributed by atoms with Crippen molar-refractivity contribution in [1.29, 1.82) is 0 Å². The molecule has 0 aromatic heterocycles. The Bertz CT molecular complexity index is 360. The van der Waals surface area contributed by atoms with E-state index in [2.05, 4.69) is 6.92 Å². The van der Waals surface area contributed by atoms with Crippen LogP contribution in [0.15, 0.2) is 0 Å². The Balaban J connectivity index is 0. The van der Waals surface area contributed by atoms with E-state index >= 15 is 0 Å². The average molecular weight is 389 g/mol. The predicted molar refractivity (Wildman–Crippen MR) is 95.5 cm³/mol. The van der Waals surface area contributed by atoms with Crippen LogP contribution in [0.4, 0.5) is 0 Å². The molecule has 0 bridgehead atoms. The fraction of sp³-hybridized carbons (Fsp3) is 1.00. The summed E-state index contributed by atoms with van der Waals surface area (Å²) in [5.41, 5.74) is 0. The van der Waals surface area contributed by atoms with Crippen molar-refractivity contribution in [2.45, 2.75) is 115 Å². The largest absolute Gasteiger partial charge is 1.00 e. The van der Waals surface area contributed by atoms with Gasteiger partial charge in [0.15, 0.2) is 0 Å². The SMILES string of the molecule is CCCCC(O)CCCCCCCCCC(CCC)S(=O)(=O)[O-].[K+]. The Hall–Kier alpha value is 1.51. The summed E-state index contributed by atoms with van der Waals surface area (Å²) in [4.78, 5) is 0. The van der Waals surface area contributed by atoms with Crippen LogP contribution < -0.4 is 51.4 Å². The van der Waals surface area contributed by atoms with Crippen LogP contribution in [0.25, 0.3) is 0 Å². The van der Waals surface area contributed by atoms with Crippen LogP contribution in [0.5, 0.6) is 0 Å². The summed E-state index contributed by atoms with van der Waals surface area (Å²) in [6.07, 6.45) is 13.3. The van der Waals surface area contributed by atoms with Crippen LogP contribution in [0, 0.1) is 0 Å². The van der Waals surface area contributed by atoms with Gasteiger partial charge < -0.3 is 9.66 Å². The molecule has 0 aliphatic carbocycles. The number of aliphatic hydroxyl groups excluding tert-OH is 1. The molecule has 2 unspecified atom stereocenters. The van der Waals surface area contributed by atoms with Gasteiger partial charge in [-0.05, 0) is 25.7 Å². The van der Waals surface area contributed by atoms with E-state index in [-0.39, 0.29) is 57.5 Å². The Morgan fingerprint density at radius 2 is 1.21 bits per heavy atom. The first-order valence-electron chi connectivity index (χ1n) is 9.54. The van der Waals surface area contributed by atoms with Gasteiger partial charge in [-0.25, -0.2) is 8.42 Å². The summed E-state index contributed by atoms with van der Waals surface area (Å²) in [5.74, 6) is 0. The third kappa shape index (κ3) is 16.9. The van der Waals surface area contributed by atoms with E-state index < -0.39 is 15.4 Å². The monoisotopic (exact) mass is 388 g/mol. The Kier molecular flexibility index (Phi) is 20.7. The van der Waals surface area contributed by atoms with Gasteiger partial charge >= 0.3 is 51.4 Å². The molecule has 0 saturated heterocycles. The van der Waals surface area contributed by atoms with Crippen molar-refractivity contribution in [2.75, 3.05) is 0 Å². The maximum Gasteiger partial charge on any atom is 1.00 e. The van der Waals surface area contributed by atoms with Gasteiger partial charge in [-0.1, -0.05) is 78.1 Å². The van der Waals surface area contributed by atoms with E-state index in [1.807, 2.05) is 6.92 Å². The van der Waals surface area contributed by atoms with Crippen molar-refractivity contribution in [2.24, 2.45) is 0 Å². The van der Waals surface area contributed by atoms with E-state index in [1.165, 1.54) is 6.42 Å². The van der Waals surface area contributed by atoms with Gasteiger partial charge in [0.1, 0.15) is 0 Å². The van der Waals surface area contributed by atoms with Crippen LogP contribution in [0.2, 0.25) is 0 Å². The van der Waals surface area contributed by atoms with E-state index in [0.29, 0.717) is 12.8 Å². The fourth-order valence-electron chi connectivity index (χ4n) is 2.97. The first-order valence-corrected chi connectivity index (χ1v) is 11.0. The van der Waals surface area contributed by atoms with Crippen molar-refractivity contribution in [1.82, 2.24) is 0 Å². The normalized spacial score (nSPS) is 14.2. The molecule has 1 N–H and O–H groups in total. The smallest absolute Gasteiger partial charge is 0.748 e. The summed E-state index contributed by atoms with van der Waals surface area (Å²) in [6.45, 7) is 4.06. The van der Waals surface area contributed by atoms with Gasteiger partial charge in [-0.2, -0.15) is 0 Å². The molecule has 24 heavy (non-hydrogen) atoms. The van der Waals surface area contributed by atoms with E-state index in [0.717, 1.165) is 70.6 Å². The quantitative estimate of drug-likeness (QED) is 0.248. The third-order valence-corrected chi connectivity index (χ3v) is 5.76. The summed E-state index contributed by atoms with van der Waals surface area (Å²) < 4.78 is 33.3. The average Bonchev–Trinajstić information content (AvgIpc) is 2.49. The molecule has 2 atom stereocenters. The van der Waals surface area contributed by atoms with E-state index in [9.17, 15) is 18.1 Å². The standard InChI is InChI=1S/C18H38O4S.K/c1-3-5-14-17(19)15-11-9-7-6-8-10-12-16-18(13-4-2)23(20,21)22;/h17-19H,3-16H2,1-2H3,(H,20,21,22);/q;+1/p-1. The second-order valence-corrected chi connectivity index (χ2v) is 8.40. The number of rotatable bonds is 16. The molecule has 0 radical (unpaired) electrons. The first-order chi connectivity index (χ1) is 10.9. The zero-order valence-electron chi connectivity index (χ0n) is 16.1. The van der Waals surface area contributed by atoms with Gasteiger partial charge in [0.05, 0.1) is 16.2 Å². The second kappa shape index (κ2) is 17.9. The van der Waals surface area contributed by atoms with E-state index in [1.54, 1.807) is 0 Å². The van der Waals surface area contributed by atoms with Crippen LogP contribution in [-0.4, -0.2) is 29.4 Å². The van der Waals surface area contributed by atoms with Crippen LogP contribution in [0.1, 0.15) is 104 Å². The number of hydrogen-bond donors (Lipinski definition) is 1. The molecule has 0 aromatic carbocycles. The second-order valence-electron chi connectivity index (χ2n) is 6.75. The molecule has 0 heterocycles. The van der Waals surface area contributed by atoms with Gasteiger partial charge in [-0.3, -0.25) is 0 Å². The molecule has 0 spiro atoms. The van der Waals surface area contributed by atoms with Gasteiger partial charge in [-0.15, -0.1) is 0 Å². The fourth-order valence-corrected chi connectivity index (χ4v) is 3.95. The van der Waals surface area contributed by atoms with Crippen molar-refractivity contribution in [3.63, 3.8) is 0 Å². The molecule has 0 saturated carbocycles. The summed E-state index contributed by atoms with van der Waals surface area (Å²) in [5, 5.41) is 9.06. The molecule has 0 amide bonds. The van der Waals surface area contributed by atoms with Gasteiger partial charge in [0.25, 0.3) is 0 Å². The molecule has 0 aliphatic heterocycles. The van der Waals surface area contributed by atoms with Crippen molar-refractivity contribution < 1.29 is 69.5 Å². The maximum absolute atomic E-state index is 11.1. The van der Waals surface area contributed by atoms with Crippen LogP contribution >= 0.6 is 0 Å². The van der Waals surface area contributed by atoms with Crippen molar-refractivity contribution in [3.8, 4) is 0 Å². The zero-order chi connectivity index (χ0) is 17.6. The topological polar surface area (TPSA) is 77.4 Å². The molecule has 6 heteroatoms. The van der Waals surface area contributed by atoms with E-state index in [4.69, 9.17) is 0 Å². The Morgan fingerprint density at radius 3 is 1.67 bits per heavy atom. The minimum absolute atomic E-state index is 0. The molecule has 140 valence electrons. The van der Waals surface area contributed by atoms with Gasteiger partial charge in [0.2, 0.25) is 0 Å². The molecule has 0 rings (SSSR count). The number of hydrogen-bond acceptors (Lipinski definition) is 4. The Morgan fingerprint density at radius 1 is 0.750 bits per heavy atom. The number of unbranched alkanes of at least 4 members (excludes halogenated alkanes) is 7. The summed E-state index contributed by atoms with van der Waals surface area (Å²) in [7, 11) is -4.12. The predicted octanol–water partition coefficient (Wildman–Crippen LogP) is 1.77. The molecule has 0 aliphatic rings. The van der Waals surface area contributed by atoms with Crippen LogP contribution in [0.3, 0.4) is 0 Å². The summed E-state index contributed by atoms with van der Waals surface area (Å²) >= 11 is 0. The first kappa shape index (κ1) is 27.7. The van der Waals surface area contributed by atoms with Crippen LogP contribution in [-0.2, 0) is 10.1 Å². The maximum atomic E-state index is 11.1. The minimum Gasteiger partial charge on any atom is -0.748 e. The molecular formula is C18H37KO4S. The Labute approximate surface area is 192 Å². The van der Waals surface area contributed by atoms with Crippen molar-refractivity contribution >= 4 is 10.1 Å². The minimum atomic E-state index is -4.12.